The molecule has 4 nitrogen and oxygen atoms in total. The second kappa shape index (κ2) is 6.15. The molecule has 2 aliphatic rings. The molecule has 0 saturated heterocycles. The summed E-state index contributed by atoms with van der Waals surface area (Å²) in [6, 6.07) is 15.7. The SMILES string of the molecule is CC1(C)Oc2ccc(C#N)cc2C[C@]1(O)SC1=NCCc2ccccc21. The van der Waals surface area contributed by atoms with Crippen molar-refractivity contribution in [3.63, 3.8) is 0 Å². The summed E-state index contributed by atoms with van der Waals surface area (Å²) < 4.78 is 6.13. The van der Waals surface area contributed by atoms with Crippen molar-refractivity contribution in [3.8, 4) is 11.8 Å². The Labute approximate surface area is 157 Å². The topological polar surface area (TPSA) is 65.6 Å². The molecule has 2 aromatic rings. The van der Waals surface area contributed by atoms with Crippen LogP contribution in [-0.4, -0.2) is 27.2 Å². The van der Waals surface area contributed by atoms with Crippen LogP contribution >= 0.6 is 11.8 Å². The van der Waals surface area contributed by atoms with Crippen LogP contribution in [0.25, 0.3) is 0 Å². The highest BCUT2D eigenvalue weighted by Crippen LogP contribution is 2.47. The van der Waals surface area contributed by atoms with Gasteiger partial charge >= 0.3 is 0 Å². The van der Waals surface area contributed by atoms with Crippen molar-refractivity contribution in [2.75, 3.05) is 6.54 Å². The second-order valence-electron chi connectivity index (χ2n) is 7.20. The zero-order valence-electron chi connectivity index (χ0n) is 14.8. The van der Waals surface area contributed by atoms with Crippen LogP contribution in [0.1, 0.15) is 36.1 Å². The molecule has 4 rings (SSSR count). The molecule has 5 heteroatoms. The Morgan fingerprint density at radius 1 is 1.19 bits per heavy atom. The largest absolute Gasteiger partial charge is 0.484 e. The van der Waals surface area contributed by atoms with Gasteiger partial charge in [0.2, 0.25) is 0 Å². The van der Waals surface area contributed by atoms with Crippen molar-refractivity contribution < 1.29 is 9.84 Å². The number of thioether (sulfide) groups is 1. The van der Waals surface area contributed by atoms with Gasteiger partial charge in [-0.2, -0.15) is 5.26 Å². The number of nitriles is 1. The summed E-state index contributed by atoms with van der Waals surface area (Å²) in [5.41, 5.74) is 2.97. The van der Waals surface area contributed by atoms with Crippen LogP contribution in [0.5, 0.6) is 5.75 Å². The molecule has 0 radical (unpaired) electrons. The fourth-order valence-electron chi connectivity index (χ4n) is 3.43. The minimum atomic E-state index is -1.18. The fraction of sp³-hybridized carbons (Fsp3) is 0.333. The van der Waals surface area contributed by atoms with E-state index in [1.54, 1.807) is 12.1 Å². The van der Waals surface area contributed by atoms with E-state index in [-0.39, 0.29) is 0 Å². The Morgan fingerprint density at radius 3 is 2.81 bits per heavy atom. The summed E-state index contributed by atoms with van der Waals surface area (Å²) in [5, 5.41) is 21.6. The molecule has 0 aliphatic carbocycles. The van der Waals surface area contributed by atoms with E-state index in [0.717, 1.165) is 34.9 Å². The predicted octanol–water partition coefficient (Wildman–Crippen LogP) is 3.70. The lowest BCUT2D eigenvalue weighted by molar-refractivity contribution is -0.0646. The molecular weight excluding hydrogens is 344 g/mol. The maximum Gasteiger partial charge on any atom is 0.159 e. The number of aliphatic imine (C=N–C) groups is 1. The first kappa shape index (κ1) is 17.1. The summed E-state index contributed by atoms with van der Waals surface area (Å²) in [7, 11) is 0. The quantitative estimate of drug-likeness (QED) is 0.784. The van der Waals surface area contributed by atoms with E-state index in [2.05, 4.69) is 23.2 Å². The number of hydrogen-bond donors (Lipinski definition) is 1. The Morgan fingerprint density at radius 2 is 2.00 bits per heavy atom. The first-order chi connectivity index (χ1) is 12.4. The second-order valence-corrected chi connectivity index (χ2v) is 8.47. The number of ether oxygens (including phenoxy) is 1. The van der Waals surface area contributed by atoms with Gasteiger partial charge in [0.15, 0.2) is 4.93 Å². The van der Waals surface area contributed by atoms with Gasteiger partial charge in [0, 0.05) is 18.5 Å². The Balaban J connectivity index is 1.71. The monoisotopic (exact) mass is 364 g/mol. The Bertz CT molecular complexity index is 945. The average Bonchev–Trinajstić information content (AvgIpc) is 2.62. The maximum absolute atomic E-state index is 11.6. The summed E-state index contributed by atoms with van der Waals surface area (Å²) in [4.78, 5) is 3.49. The number of fused-ring (bicyclic) bond motifs is 2. The standard InChI is InChI=1S/C21H20N2O2S/c1-20(2)21(24,12-16-11-14(13-22)7-8-18(16)25-20)26-19-17-6-4-3-5-15(17)9-10-23-19/h3-8,11,24H,9-10,12H2,1-2H3/t21-/m0/s1. The normalized spacial score (nSPS) is 23.1. The Hall–Kier alpha value is -2.29. The number of hydrogen-bond acceptors (Lipinski definition) is 5. The van der Waals surface area contributed by atoms with Crippen molar-refractivity contribution in [2.24, 2.45) is 4.99 Å². The van der Waals surface area contributed by atoms with E-state index in [1.165, 1.54) is 17.3 Å². The Kier molecular flexibility index (Phi) is 4.06. The van der Waals surface area contributed by atoms with Gasteiger partial charge in [-0.05, 0) is 49.6 Å². The van der Waals surface area contributed by atoms with E-state index in [1.807, 2.05) is 32.0 Å². The van der Waals surface area contributed by atoms with Crippen LogP contribution in [0.4, 0.5) is 0 Å². The minimum Gasteiger partial charge on any atom is -0.484 e. The van der Waals surface area contributed by atoms with Gasteiger partial charge in [0.1, 0.15) is 16.4 Å². The molecule has 0 unspecified atom stereocenters. The van der Waals surface area contributed by atoms with E-state index in [9.17, 15) is 5.11 Å². The highest BCUT2D eigenvalue weighted by molar-refractivity contribution is 8.15. The van der Waals surface area contributed by atoms with Crippen molar-refractivity contribution >= 4 is 16.8 Å². The van der Waals surface area contributed by atoms with Gasteiger partial charge in [0.25, 0.3) is 0 Å². The molecule has 0 aromatic heterocycles. The lowest BCUT2D eigenvalue weighted by atomic mass is 9.89. The van der Waals surface area contributed by atoms with Gasteiger partial charge in [0.05, 0.1) is 11.6 Å². The lowest BCUT2D eigenvalue weighted by Crippen LogP contribution is -2.56. The first-order valence-electron chi connectivity index (χ1n) is 8.68. The highest BCUT2D eigenvalue weighted by atomic mass is 32.2. The van der Waals surface area contributed by atoms with Gasteiger partial charge in [-0.1, -0.05) is 36.0 Å². The van der Waals surface area contributed by atoms with Gasteiger partial charge < -0.3 is 9.84 Å². The van der Waals surface area contributed by atoms with Crippen molar-refractivity contribution in [3.05, 3.63) is 64.7 Å². The molecule has 0 bridgehead atoms. The third kappa shape index (κ3) is 2.80. The fourth-order valence-corrected chi connectivity index (χ4v) is 4.73. The van der Waals surface area contributed by atoms with Crippen LogP contribution in [0, 0.1) is 11.3 Å². The van der Waals surface area contributed by atoms with Crippen molar-refractivity contribution in [1.29, 1.82) is 5.26 Å². The van der Waals surface area contributed by atoms with E-state index in [0.29, 0.717) is 12.0 Å². The molecule has 0 amide bonds. The average molecular weight is 364 g/mol. The van der Waals surface area contributed by atoms with Crippen LogP contribution < -0.4 is 4.74 Å². The van der Waals surface area contributed by atoms with E-state index >= 15 is 0 Å². The molecular formula is C21H20N2O2S. The van der Waals surface area contributed by atoms with Gasteiger partial charge in [-0.3, -0.25) is 4.99 Å². The number of aliphatic hydroxyl groups is 1. The van der Waals surface area contributed by atoms with Gasteiger partial charge in [-0.25, -0.2) is 0 Å². The van der Waals surface area contributed by atoms with E-state index in [4.69, 9.17) is 10.00 Å². The zero-order chi connectivity index (χ0) is 18.4. The smallest absolute Gasteiger partial charge is 0.159 e. The molecule has 2 heterocycles. The molecule has 2 aromatic carbocycles. The molecule has 2 aliphatic heterocycles. The van der Waals surface area contributed by atoms with Gasteiger partial charge in [-0.15, -0.1) is 0 Å². The molecule has 0 spiro atoms. The highest BCUT2D eigenvalue weighted by Gasteiger charge is 2.51. The predicted molar refractivity (Wildman–Crippen MR) is 104 cm³/mol. The van der Waals surface area contributed by atoms with Crippen LogP contribution in [-0.2, 0) is 12.8 Å². The molecule has 1 N–H and O–H groups in total. The minimum absolute atomic E-state index is 0.400. The van der Waals surface area contributed by atoms with Crippen LogP contribution in [0.3, 0.4) is 0 Å². The van der Waals surface area contributed by atoms with Crippen molar-refractivity contribution in [2.45, 2.75) is 37.2 Å². The molecule has 0 saturated carbocycles. The number of nitrogens with zero attached hydrogens (tertiary/aromatic N) is 2. The number of benzene rings is 2. The third-order valence-electron chi connectivity index (χ3n) is 5.08. The van der Waals surface area contributed by atoms with Crippen LogP contribution in [0.2, 0.25) is 0 Å². The lowest BCUT2D eigenvalue weighted by Gasteiger charge is -2.46. The summed E-state index contributed by atoms with van der Waals surface area (Å²) >= 11 is 1.37. The molecule has 0 fully saturated rings. The summed E-state index contributed by atoms with van der Waals surface area (Å²) in [5.74, 6) is 0.727. The summed E-state index contributed by atoms with van der Waals surface area (Å²) in [6.45, 7) is 4.53. The maximum atomic E-state index is 11.6. The van der Waals surface area contributed by atoms with Crippen LogP contribution in [0.15, 0.2) is 47.5 Å². The summed E-state index contributed by atoms with van der Waals surface area (Å²) in [6.07, 6.45) is 1.32. The van der Waals surface area contributed by atoms with Crippen molar-refractivity contribution in [1.82, 2.24) is 0 Å². The molecule has 1 atom stereocenters. The molecule has 132 valence electrons. The zero-order valence-corrected chi connectivity index (χ0v) is 15.6. The first-order valence-corrected chi connectivity index (χ1v) is 9.50. The number of rotatable bonds is 1. The third-order valence-corrected chi connectivity index (χ3v) is 6.59. The van der Waals surface area contributed by atoms with E-state index < -0.39 is 10.5 Å². The molecule has 26 heavy (non-hydrogen) atoms.